The maximum absolute atomic E-state index is 6.18. The van der Waals surface area contributed by atoms with Crippen LogP contribution in [-0.4, -0.2) is 15.6 Å². The highest BCUT2D eigenvalue weighted by molar-refractivity contribution is 7.09. The molecular formula is C16H16ClN3S. The fourth-order valence-electron chi connectivity index (χ4n) is 2.63. The van der Waals surface area contributed by atoms with Crippen LogP contribution in [0.1, 0.15) is 23.4 Å². The normalized spacial score (nSPS) is 14.9. The van der Waals surface area contributed by atoms with Gasteiger partial charge in [-0.1, -0.05) is 17.7 Å². The summed E-state index contributed by atoms with van der Waals surface area (Å²) in [4.78, 5) is 4.38. The van der Waals surface area contributed by atoms with Gasteiger partial charge in [0.2, 0.25) is 0 Å². The van der Waals surface area contributed by atoms with Gasteiger partial charge in [-0.3, -0.25) is 0 Å². The lowest BCUT2D eigenvalue weighted by atomic mass is 10.2. The smallest absolute Gasteiger partial charge is 0.112 e. The van der Waals surface area contributed by atoms with Crippen molar-refractivity contribution in [3.05, 3.63) is 51.6 Å². The van der Waals surface area contributed by atoms with Crippen LogP contribution in [0.5, 0.6) is 0 Å². The third-order valence-electron chi connectivity index (χ3n) is 3.87. The number of benzene rings is 1. The second kappa shape index (κ2) is 5.44. The average molecular weight is 318 g/mol. The van der Waals surface area contributed by atoms with Crippen LogP contribution in [0.15, 0.2) is 36.0 Å². The summed E-state index contributed by atoms with van der Waals surface area (Å²) in [5.41, 5.74) is 2.52. The van der Waals surface area contributed by atoms with E-state index in [1.165, 1.54) is 29.3 Å². The van der Waals surface area contributed by atoms with Gasteiger partial charge < -0.3 is 9.88 Å². The highest BCUT2D eigenvalue weighted by Gasteiger charge is 2.21. The molecule has 2 heterocycles. The quantitative estimate of drug-likeness (QED) is 0.769. The Morgan fingerprint density at radius 2 is 2.29 bits per heavy atom. The van der Waals surface area contributed by atoms with E-state index in [-0.39, 0.29) is 0 Å². The summed E-state index contributed by atoms with van der Waals surface area (Å²) in [7, 11) is 0. The molecule has 0 unspecified atom stereocenters. The van der Waals surface area contributed by atoms with Crippen molar-refractivity contribution in [3.63, 3.8) is 0 Å². The van der Waals surface area contributed by atoms with Gasteiger partial charge in [-0.05, 0) is 30.5 Å². The van der Waals surface area contributed by atoms with Gasteiger partial charge in [-0.15, -0.1) is 11.3 Å². The number of aromatic nitrogens is 2. The summed E-state index contributed by atoms with van der Waals surface area (Å²) in [6.45, 7) is 1.73. The second-order valence-electron chi connectivity index (χ2n) is 5.52. The Bertz CT molecular complexity index is 759. The van der Waals surface area contributed by atoms with E-state index in [9.17, 15) is 0 Å². The Labute approximate surface area is 132 Å². The molecule has 0 amide bonds. The SMILES string of the molecule is Clc1ccc2c(CNC3CC3)cn(Cc3nccs3)c2c1. The van der Waals surface area contributed by atoms with Gasteiger partial charge >= 0.3 is 0 Å². The Hall–Kier alpha value is -1.36. The fraction of sp³-hybridized carbons (Fsp3) is 0.312. The van der Waals surface area contributed by atoms with Crippen LogP contribution in [0.3, 0.4) is 0 Å². The van der Waals surface area contributed by atoms with Crippen molar-refractivity contribution in [3.8, 4) is 0 Å². The largest absolute Gasteiger partial charge is 0.340 e. The molecule has 0 atom stereocenters. The van der Waals surface area contributed by atoms with Crippen LogP contribution >= 0.6 is 22.9 Å². The lowest BCUT2D eigenvalue weighted by molar-refractivity contribution is 0.687. The third kappa shape index (κ3) is 2.84. The average Bonchev–Trinajstić information content (AvgIpc) is 3.06. The molecule has 108 valence electrons. The van der Waals surface area contributed by atoms with Crippen LogP contribution < -0.4 is 5.32 Å². The van der Waals surface area contributed by atoms with Crippen LogP contribution in [0.2, 0.25) is 5.02 Å². The zero-order valence-electron chi connectivity index (χ0n) is 11.6. The Morgan fingerprint density at radius 3 is 3.05 bits per heavy atom. The Morgan fingerprint density at radius 1 is 1.38 bits per heavy atom. The van der Waals surface area contributed by atoms with Gasteiger partial charge in [0.05, 0.1) is 12.1 Å². The van der Waals surface area contributed by atoms with Gasteiger partial charge in [0.15, 0.2) is 0 Å². The van der Waals surface area contributed by atoms with Crippen LogP contribution in [0.4, 0.5) is 0 Å². The van der Waals surface area contributed by atoms with E-state index < -0.39 is 0 Å². The molecule has 0 bridgehead atoms. The lowest BCUT2D eigenvalue weighted by Crippen LogP contribution is -2.14. The van der Waals surface area contributed by atoms with Gasteiger partial charge in [0.25, 0.3) is 0 Å². The van der Waals surface area contributed by atoms with Crippen molar-refractivity contribution in [2.24, 2.45) is 0 Å². The number of hydrogen-bond donors (Lipinski definition) is 1. The number of nitrogens with one attached hydrogen (secondary N) is 1. The van der Waals surface area contributed by atoms with Gasteiger partial charge in [-0.2, -0.15) is 0 Å². The third-order valence-corrected chi connectivity index (χ3v) is 4.87. The zero-order chi connectivity index (χ0) is 14.2. The van der Waals surface area contributed by atoms with Crippen molar-refractivity contribution < 1.29 is 0 Å². The van der Waals surface area contributed by atoms with Crippen molar-refractivity contribution in [1.29, 1.82) is 0 Å². The molecule has 1 N–H and O–H groups in total. The van der Waals surface area contributed by atoms with Crippen LogP contribution in [0, 0.1) is 0 Å². The van der Waals surface area contributed by atoms with E-state index in [0.717, 1.165) is 29.2 Å². The Balaban J connectivity index is 1.71. The maximum Gasteiger partial charge on any atom is 0.112 e. The number of thiazole rings is 1. The summed E-state index contributed by atoms with van der Waals surface area (Å²) in [5.74, 6) is 0. The zero-order valence-corrected chi connectivity index (χ0v) is 13.1. The van der Waals surface area contributed by atoms with Crippen molar-refractivity contribution in [1.82, 2.24) is 14.9 Å². The van der Waals surface area contributed by atoms with Crippen molar-refractivity contribution in [2.75, 3.05) is 0 Å². The molecule has 0 spiro atoms. The number of rotatable bonds is 5. The van der Waals surface area contributed by atoms with Crippen LogP contribution in [-0.2, 0) is 13.1 Å². The first-order chi connectivity index (χ1) is 10.3. The molecule has 1 saturated carbocycles. The number of nitrogens with zero attached hydrogens (tertiary/aromatic N) is 2. The number of fused-ring (bicyclic) bond motifs is 1. The molecule has 0 aliphatic heterocycles. The summed E-state index contributed by atoms with van der Waals surface area (Å²) in [6.07, 6.45) is 6.71. The predicted molar refractivity (Wildman–Crippen MR) is 88.0 cm³/mol. The minimum absolute atomic E-state index is 0.717. The predicted octanol–water partition coefficient (Wildman–Crippen LogP) is 4.05. The standard InChI is InChI=1S/C16H16ClN3S/c17-12-1-4-14-11(8-19-13-2-3-13)9-20(15(14)7-12)10-16-18-5-6-21-16/h1,4-7,9,13,19H,2-3,8,10H2. The molecule has 2 aromatic heterocycles. The monoisotopic (exact) mass is 317 g/mol. The number of halogens is 1. The molecule has 1 aliphatic rings. The summed E-state index contributed by atoms with van der Waals surface area (Å²) in [5, 5.41) is 8.79. The van der Waals surface area contributed by atoms with Crippen LogP contribution in [0.25, 0.3) is 10.9 Å². The Kier molecular flexibility index (Phi) is 3.45. The summed E-state index contributed by atoms with van der Waals surface area (Å²) < 4.78 is 2.25. The van der Waals surface area contributed by atoms with E-state index in [0.29, 0.717) is 0 Å². The lowest BCUT2D eigenvalue weighted by Gasteiger charge is -2.02. The molecule has 3 nitrogen and oxygen atoms in total. The molecule has 3 aromatic rings. The number of hydrogen-bond acceptors (Lipinski definition) is 3. The molecule has 1 aliphatic carbocycles. The first-order valence-corrected chi connectivity index (χ1v) is 8.44. The molecule has 0 saturated heterocycles. The molecule has 5 heteroatoms. The van der Waals surface area contributed by atoms with E-state index >= 15 is 0 Å². The second-order valence-corrected chi connectivity index (χ2v) is 6.94. The molecule has 21 heavy (non-hydrogen) atoms. The highest BCUT2D eigenvalue weighted by atomic mass is 35.5. The van der Waals surface area contributed by atoms with E-state index in [2.05, 4.69) is 27.1 Å². The minimum Gasteiger partial charge on any atom is -0.340 e. The topological polar surface area (TPSA) is 29.9 Å². The first-order valence-electron chi connectivity index (χ1n) is 7.18. The maximum atomic E-state index is 6.18. The van der Waals surface area contributed by atoms with Gasteiger partial charge in [0, 0.05) is 40.8 Å². The van der Waals surface area contributed by atoms with E-state index in [1.54, 1.807) is 11.3 Å². The highest BCUT2D eigenvalue weighted by Crippen LogP contribution is 2.27. The van der Waals surface area contributed by atoms with Crippen molar-refractivity contribution >= 4 is 33.8 Å². The summed E-state index contributed by atoms with van der Waals surface area (Å²) in [6, 6.07) is 6.86. The van der Waals surface area contributed by atoms with Crippen molar-refractivity contribution in [2.45, 2.75) is 32.0 Å². The first kappa shape index (κ1) is 13.3. The fourth-order valence-corrected chi connectivity index (χ4v) is 3.41. The molecule has 1 aromatic carbocycles. The minimum atomic E-state index is 0.717. The van der Waals surface area contributed by atoms with Gasteiger partial charge in [-0.25, -0.2) is 4.98 Å². The molecular weight excluding hydrogens is 302 g/mol. The molecule has 0 radical (unpaired) electrons. The molecule has 4 rings (SSSR count). The summed E-state index contributed by atoms with van der Waals surface area (Å²) >= 11 is 7.86. The van der Waals surface area contributed by atoms with Gasteiger partial charge in [0.1, 0.15) is 5.01 Å². The van der Waals surface area contributed by atoms with E-state index in [4.69, 9.17) is 11.6 Å². The molecule has 1 fully saturated rings. The van der Waals surface area contributed by atoms with E-state index in [1.807, 2.05) is 23.7 Å².